The fourth-order valence-corrected chi connectivity index (χ4v) is 2.61. The van der Waals surface area contributed by atoms with Crippen molar-refractivity contribution in [3.8, 4) is 0 Å². The highest BCUT2D eigenvalue weighted by atomic mass is 16.4. The number of carboxylic acid groups (broad SMARTS) is 1. The number of aliphatic carboxylic acids is 1. The third kappa shape index (κ3) is 5.67. The number of hydrazone groups is 1. The maximum Gasteiger partial charge on any atom is 0.357 e. The van der Waals surface area contributed by atoms with E-state index in [1.165, 1.54) is 12.5 Å². The predicted molar refractivity (Wildman–Crippen MR) is 123 cm³/mol. The third-order valence-electron chi connectivity index (χ3n) is 4.04. The Morgan fingerprint density at radius 3 is 2.20 bits per heavy atom. The Balaban J connectivity index is 0.00000101. The lowest BCUT2D eigenvalue weighted by molar-refractivity contribution is -0.129. The van der Waals surface area contributed by atoms with E-state index < -0.39 is 11.9 Å². The van der Waals surface area contributed by atoms with Crippen LogP contribution in [-0.2, 0) is 9.59 Å². The standard InChI is InChI=1S/C21H19N3O3.C3H8/c1-23(2)16-13-11-15(12-14-16)7-6-10-18-19(21(26)27)22-24(20(18)25)17-8-4-3-5-9-17;1-3-2/h3-14H,1-2H3,(H,26,27);3H2,1-2H3/b7-6+,18-10-;. The zero-order valence-electron chi connectivity index (χ0n) is 17.7. The summed E-state index contributed by atoms with van der Waals surface area (Å²) in [5, 5.41) is 14.5. The van der Waals surface area contributed by atoms with Gasteiger partial charge in [-0.2, -0.15) is 10.1 Å². The van der Waals surface area contributed by atoms with E-state index in [4.69, 9.17) is 0 Å². The summed E-state index contributed by atoms with van der Waals surface area (Å²) in [6, 6.07) is 16.6. The first-order valence-corrected chi connectivity index (χ1v) is 9.76. The van der Waals surface area contributed by atoms with Gasteiger partial charge in [0.25, 0.3) is 5.91 Å². The Bertz CT molecular complexity index is 959. The molecule has 1 aliphatic heterocycles. The Morgan fingerprint density at radius 1 is 1.07 bits per heavy atom. The Hall–Kier alpha value is -3.67. The van der Waals surface area contributed by atoms with Gasteiger partial charge in [-0.3, -0.25) is 4.79 Å². The number of benzene rings is 2. The minimum atomic E-state index is -1.24. The van der Waals surface area contributed by atoms with Crippen molar-refractivity contribution in [2.24, 2.45) is 5.10 Å². The second-order valence-electron chi connectivity index (χ2n) is 6.84. The number of carbonyl (C=O) groups is 2. The van der Waals surface area contributed by atoms with Crippen molar-refractivity contribution in [2.75, 3.05) is 24.0 Å². The van der Waals surface area contributed by atoms with E-state index in [0.29, 0.717) is 5.69 Å². The summed E-state index contributed by atoms with van der Waals surface area (Å²) in [5.41, 5.74) is 2.32. The summed E-state index contributed by atoms with van der Waals surface area (Å²) >= 11 is 0. The van der Waals surface area contributed by atoms with Crippen molar-refractivity contribution in [1.82, 2.24) is 0 Å². The molecular weight excluding hydrogens is 378 g/mol. The molecule has 0 saturated heterocycles. The van der Waals surface area contributed by atoms with Crippen LogP contribution in [0.15, 0.2) is 77.4 Å². The molecule has 0 bridgehead atoms. The van der Waals surface area contributed by atoms with Crippen molar-refractivity contribution >= 4 is 35.0 Å². The average molecular weight is 405 g/mol. The van der Waals surface area contributed by atoms with Crippen LogP contribution in [0.3, 0.4) is 0 Å². The van der Waals surface area contributed by atoms with Gasteiger partial charge in [0.1, 0.15) is 0 Å². The maximum absolute atomic E-state index is 12.6. The van der Waals surface area contributed by atoms with Crippen LogP contribution in [0.5, 0.6) is 0 Å². The summed E-state index contributed by atoms with van der Waals surface area (Å²) in [6.45, 7) is 4.25. The Labute approximate surface area is 177 Å². The highest BCUT2D eigenvalue weighted by Crippen LogP contribution is 2.23. The molecule has 1 heterocycles. The van der Waals surface area contributed by atoms with Gasteiger partial charge in [-0.1, -0.05) is 62.8 Å². The molecule has 1 amide bonds. The number of hydrogen-bond donors (Lipinski definition) is 1. The first-order chi connectivity index (χ1) is 14.4. The van der Waals surface area contributed by atoms with E-state index >= 15 is 0 Å². The number of allylic oxidation sites excluding steroid dienone is 2. The van der Waals surface area contributed by atoms with Gasteiger partial charge in [-0.25, -0.2) is 4.79 Å². The fraction of sp³-hybridized carbons (Fsp3) is 0.208. The molecule has 2 aromatic rings. The molecule has 0 fully saturated rings. The molecule has 0 spiro atoms. The minimum Gasteiger partial charge on any atom is -0.476 e. The van der Waals surface area contributed by atoms with E-state index in [0.717, 1.165) is 16.3 Å². The number of rotatable bonds is 5. The summed E-state index contributed by atoms with van der Waals surface area (Å²) < 4.78 is 0. The van der Waals surface area contributed by atoms with Crippen LogP contribution in [0.2, 0.25) is 0 Å². The monoisotopic (exact) mass is 405 g/mol. The summed E-state index contributed by atoms with van der Waals surface area (Å²) in [6.07, 6.45) is 6.20. The fourth-order valence-electron chi connectivity index (χ4n) is 2.61. The van der Waals surface area contributed by atoms with E-state index in [1.54, 1.807) is 30.3 Å². The number of carbonyl (C=O) groups excluding carboxylic acids is 1. The molecule has 3 rings (SSSR count). The quantitative estimate of drug-likeness (QED) is 0.738. The molecule has 156 valence electrons. The first-order valence-electron chi connectivity index (χ1n) is 9.76. The van der Waals surface area contributed by atoms with E-state index in [-0.39, 0.29) is 11.3 Å². The molecule has 1 aliphatic rings. The third-order valence-corrected chi connectivity index (χ3v) is 4.04. The molecule has 1 N–H and O–H groups in total. The molecule has 0 atom stereocenters. The zero-order chi connectivity index (χ0) is 22.1. The smallest absolute Gasteiger partial charge is 0.357 e. The predicted octanol–water partition coefficient (Wildman–Crippen LogP) is 4.60. The van der Waals surface area contributed by atoms with Crippen molar-refractivity contribution in [1.29, 1.82) is 0 Å². The lowest BCUT2D eigenvalue weighted by atomic mass is 10.1. The average Bonchev–Trinajstić information content (AvgIpc) is 3.06. The number of para-hydroxylation sites is 1. The van der Waals surface area contributed by atoms with Gasteiger partial charge in [0.2, 0.25) is 0 Å². The molecular formula is C24H27N3O3. The van der Waals surface area contributed by atoms with E-state index in [9.17, 15) is 14.7 Å². The van der Waals surface area contributed by atoms with Crippen LogP contribution < -0.4 is 9.91 Å². The van der Waals surface area contributed by atoms with Gasteiger partial charge >= 0.3 is 5.97 Å². The highest BCUT2D eigenvalue weighted by Gasteiger charge is 2.34. The van der Waals surface area contributed by atoms with Crippen molar-refractivity contribution < 1.29 is 14.7 Å². The molecule has 6 heteroatoms. The SMILES string of the molecule is CCC.CN(C)c1ccc(/C=C/C=C2\C(=O)N(c3ccccc3)N=C2C(=O)O)cc1. The van der Waals surface area contributed by atoms with E-state index in [1.807, 2.05) is 55.4 Å². The maximum atomic E-state index is 12.6. The second-order valence-corrected chi connectivity index (χ2v) is 6.84. The number of hydrogen-bond acceptors (Lipinski definition) is 4. The first kappa shape index (κ1) is 22.6. The molecule has 0 aliphatic carbocycles. The van der Waals surface area contributed by atoms with E-state index in [2.05, 4.69) is 18.9 Å². The van der Waals surface area contributed by atoms with Crippen LogP contribution in [0.25, 0.3) is 6.08 Å². The highest BCUT2D eigenvalue weighted by molar-refractivity contribution is 6.52. The van der Waals surface area contributed by atoms with Gasteiger partial charge in [-0.15, -0.1) is 0 Å². The summed E-state index contributed by atoms with van der Waals surface area (Å²) in [4.78, 5) is 26.1. The molecule has 2 aromatic carbocycles. The van der Waals surface area contributed by atoms with Crippen molar-refractivity contribution in [3.63, 3.8) is 0 Å². The van der Waals surface area contributed by atoms with Crippen LogP contribution >= 0.6 is 0 Å². The Morgan fingerprint density at radius 2 is 1.67 bits per heavy atom. The van der Waals surface area contributed by atoms with Gasteiger partial charge in [0.15, 0.2) is 5.71 Å². The Kier molecular flexibility index (Phi) is 8.11. The van der Waals surface area contributed by atoms with Crippen LogP contribution in [-0.4, -0.2) is 36.8 Å². The minimum absolute atomic E-state index is 0.0486. The molecule has 0 radical (unpaired) electrons. The van der Waals surface area contributed by atoms with Crippen LogP contribution in [0.4, 0.5) is 11.4 Å². The largest absolute Gasteiger partial charge is 0.476 e. The summed E-state index contributed by atoms with van der Waals surface area (Å²) in [5.74, 6) is -1.71. The zero-order valence-corrected chi connectivity index (χ0v) is 17.7. The van der Waals surface area contributed by atoms with Crippen LogP contribution in [0, 0.1) is 0 Å². The van der Waals surface area contributed by atoms with Crippen LogP contribution in [0.1, 0.15) is 25.8 Å². The lowest BCUT2D eigenvalue weighted by Crippen LogP contribution is -2.22. The van der Waals surface area contributed by atoms with Crippen molar-refractivity contribution in [3.05, 3.63) is 77.9 Å². The molecule has 6 nitrogen and oxygen atoms in total. The number of anilines is 2. The second kappa shape index (κ2) is 10.8. The lowest BCUT2D eigenvalue weighted by Gasteiger charge is -2.11. The van der Waals surface area contributed by atoms with Gasteiger partial charge < -0.3 is 10.0 Å². The topological polar surface area (TPSA) is 73.2 Å². The summed E-state index contributed by atoms with van der Waals surface area (Å²) in [7, 11) is 3.93. The number of carboxylic acids is 1. The number of amides is 1. The molecule has 0 unspecified atom stereocenters. The molecule has 0 saturated carbocycles. The van der Waals surface area contributed by atoms with Gasteiger partial charge in [0, 0.05) is 19.8 Å². The number of nitrogens with zero attached hydrogens (tertiary/aromatic N) is 3. The molecule has 0 aromatic heterocycles. The van der Waals surface area contributed by atoms with Crippen molar-refractivity contribution in [2.45, 2.75) is 20.3 Å². The molecule has 30 heavy (non-hydrogen) atoms. The van der Waals surface area contributed by atoms with Gasteiger partial charge in [-0.05, 0) is 35.9 Å². The van der Waals surface area contributed by atoms with Gasteiger partial charge in [0.05, 0.1) is 11.3 Å². The normalized spacial score (nSPS) is 14.5.